The lowest BCUT2D eigenvalue weighted by Crippen LogP contribution is -2.34. The minimum Gasteiger partial charge on any atom is -0.480 e. The molecule has 2 aliphatic carbocycles. The van der Waals surface area contributed by atoms with E-state index >= 15 is 0 Å². The van der Waals surface area contributed by atoms with Gasteiger partial charge in [-0.15, -0.1) is 0 Å². The highest BCUT2D eigenvalue weighted by molar-refractivity contribution is 6.23. The molecule has 1 saturated heterocycles. The first-order valence-electron chi connectivity index (χ1n) is 9.97. The van der Waals surface area contributed by atoms with Gasteiger partial charge in [0.05, 0.1) is 17.5 Å². The summed E-state index contributed by atoms with van der Waals surface area (Å²) < 4.78 is 5.95. The zero-order valence-electron chi connectivity index (χ0n) is 16.0. The summed E-state index contributed by atoms with van der Waals surface area (Å²) in [7, 11) is 0. The summed E-state index contributed by atoms with van der Waals surface area (Å²) in [6.07, 6.45) is 4.29. The first kappa shape index (κ1) is 17.9. The van der Waals surface area contributed by atoms with Crippen molar-refractivity contribution in [2.24, 2.45) is 23.7 Å². The molecule has 2 amide bonds. The number of nitrogens with zero attached hydrogens (tertiary/aromatic N) is 1. The van der Waals surface area contributed by atoms with Gasteiger partial charge >= 0.3 is 0 Å². The molecular formula is C24H21NO4. The minimum absolute atomic E-state index is 0.151. The van der Waals surface area contributed by atoms with Crippen molar-refractivity contribution in [2.45, 2.75) is 19.4 Å². The summed E-state index contributed by atoms with van der Waals surface area (Å²) in [4.78, 5) is 40.2. The zero-order valence-corrected chi connectivity index (χ0v) is 16.0. The molecule has 2 aromatic carbocycles. The molecule has 3 aliphatic rings. The maximum absolute atomic E-state index is 13.1. The molecule has 5 atom stereocenters. The molecule has 0 aromatic heterocycles. The van der Waals surface area contributed by atoms with Crippen molar-refractivity contribution in [3.63, 3.8) is 0 Å². The van der Waals surface area contributed by atoms with Gasteiger partial charge in [-0.1, -0.05) is 54.6 Å². The molecule has 2 bridgehead atoms. The van der Waals surface area contributed by atoms with E-state index in [1.807, 2.05) is 6.07 Å². The quantitative estimate of drug-likeness (QED) is 0.446. The average Bonchev–Trinajstić information content (AvgIpc) is 3.42. The van der Waals surface area contributed by atoms with Crippen molar-refractivity contribution in [1.82, 2.24) is 0 Å². The summed E-state index contributed by atoms with van der Waals surface area (Å²) >= 11 is 0. The highest BCUT2D eigenvalue weighted by atomic mass is 16.5. The lowest BCUT2D eigenvalue weighted by molar-refractivity contribution is -0.123. The van der Waals surface area contributed by atoms with Crippen molar-refractivity contribution >= 4 is 23.3 Å². The number of ether oxygens (including phenoxy) is 1. The Bertz CT molecular complexity index is 998. The van der Waals surface area contributed by atoms with Crippen LogP contribution in [0, 0.1) is 23.7 Å². The van der Waals surface area contributed by atoms with Crippen LogP contribution in [0.15, 0.2) is 66.7 Å². The van der Waals surface area contributed by atoms with E-state index in [1.165, 1.54) is 4.90 Å². The Hall–Kier alpha value is -3.21. The molecule has 5 rings (SSSR count). The number of carbonyl (C=O) groups excluding carboxylic acids is 3. The van der Waals surface area contributed by atoms with E-state index < -0.39 is 6.10 Å². The third kappa shape index (κ3) is 2.72. The van der Waals surface area contributed by atoms with Crippen molar-refractivity contribution in [3.05, 3.63) is 72.3 Å². The van der Waals surface area contributed by atoms with Crippen LogP contribution in [-0.4, -0.2) is 23.7 Å². The standard InChI is InChI=1S/C24H21NO4/c1-14(22(26)15-7-3-2-4-8-15)29-19-10-6-5-9-18(19)25-23(27)20-16-11-12-17(13-16)21(20)24(25)28/h2-12,14,16-17,20-21H,13H2,1H3/t14-,16+,17+,20+,21+/m1/s1. The van der Waals surface area contributed by atoms with Crippen LogP contribution in [0.2, 0.25) is 0 Å². The second-order valence-corrected chi connectivity index (χ2v) is 7.97. The highest BCUT2D eigenvalue weighted by Gasteiger charge is 2.59. The van der Waals surface area contributed by atoms with Gasteiger partial charge in [-0.05, 0) is 37.3 Å². The number of fused-ring (bicyclic) bond motifs is 5. The molecule has 5 nitrogen and oxygen atoms in total. The molecule has 2 fully saturated rings. The Morgan fingerprint density at radius 2 is 1.52 bits per heavy atom. The zero-order chi connectivity index (χ0) is 20.1. The number of Topliss-reactive ketones (excluding diaryl/α,β-unsaturated/α-hetero) is 1. The number of amides is 2. The molecule has 0 radical (unpaired) electrons. The van der Waals surface area contributed by atoms with Gasteiger partial charge in [0, 0.05) is 5.56 Å². The van der Waals surface area contributed by atoms with Gasteiger partial charge in [0.25, 0.3) is 0 Å². The van der Waals surface area contributed by atoms with Gasteiger partial charge in [-0.25, -0.2) is 4.90 Å². The number of hydrogen-bond donors (Lipinski definition) is 0. The molecule has 0 spiro atoms. The van der Waals surface area contributed by atoms with Crippen LogP contribution in [0.25, 0.3) is 0 Å². The second kappa shape index (κ2) is 6.69. The predicted octanol–water partition coefficient (Wildman–Crippen LogP) is 3.65. The van der Waals surface area contributed by atoms with Crippen LogP contribution in [0.5, 0.6) is 5.75 Å². The summed E-state index contributed by atoms with van der Waals surface area (Å²) in [5.41, 5.74) is 0.979. The molecule has 5 heteroatoms. The molecule has 1 saturated carbocycles. The number of ketones is 1. The normalized spacial score (nSPS) is 28.0. The summed E-state index contributed by atoms with van der Waals surface area (Å²) in [5.74, 6) is -0.339. The van der Waals surface area contributed by atoms with Crippen LogP contribution in [0.3, 0.4) is 0 Å². The second-order valence-electron chi connectivity index (χ2n) is 7.97. The molecule has 146 valence electrons. The predicted molar refractivity (Wildman–Crippen MR) is 108 cm³/mol. The Kier molecular flexibility index (Phi) is 4.12. The van der Waals surface area contributed by atoms with Crippen LogP contribution in [-0.2, 0) is 9.59 Å². The molecule has 1 aliphatic heterocycles. The van der Waals surface area contributed by atoms with Gasteiger partial charge in [-0.3, -0.25) is 14.4 Å². The summed E-state index contributed by atoms with van der Waals surface area (Å²) in [6, 6.07) is 15.9. The number of imide groups is 1. The van der Waals surface area contributed by atoms with E-state index in [2.05, 4.69) is 12.2 Å². The third-order valence-electron chi connectivity index (χ3n) is 6.31. The van der Waals surface area contributed by atoms with Crippen LogP contribution in [0.4, 0.5) is 5.69 Å². The first-order valence-corrected chi connectivity index (χ1v) is 9.97. The number of para-hydroxylation sites is 2. The van der Waals surface area contributed by atoms with Gasteiger partial charge in [0.15, 0.2) is 6.10 Å². The Labute approximate surface area is 169 Å². The minimum atomic E-state index is -0.747. The lowest BCUT2D eigenvalue weighted by atomic mass is 9.85. The van der Waals surface area contributed by atoms with E-state index in [-0.39, 0.29) is 41.3 Å². The van der Waals surface area contributed by atoms with Crippen LogP contribution in [0.1, 0.15) is 23.7 Å². The fourth-order valence-corrected chi connectivity index (χ4v) is 4.96. The first-order chi connectivity index (χ1) is 14.1. The lowest BCUT2D eigenvalue weighted by Gasteiger charge is -2.22. The SMILES string of the molecule is C[C@@H](Oc1ccccc1N1C(=O)[C@@H]2[C@@H](C1=O)[C@H]1C=C[C@H]2C1)C(=O)c1ccccc1. The highest BCUT2D eigenvalue weighted by Crippen LogP contribution is 2.53. The van der Waals surface area contributed by atoms with E-state index in [0.29, 0.717) is 17.0 Å². The molecular weight excluding hydrogens is 366 g/mol. The molecule has 2 aromatic rings. The van der Waals surface area contributed by atoms with Gasteiger partial charge < -0.3 is 4.74 Å². The number of benzene rings is 2. The van der Waals surface area contributed by atoms with Crippen LogP contribution < -0.4 is 9.64 Å². The van der Waals surface area contributed by atoms with E-state index in [4.69, 9.17) is 4.74 Å². The number of carbonyl (C=O) groups is 3. The number of anilines is 1. The Morgan fingerprint density at radius 1 is 0.931 bits per heavy atom. The summed E-state index contributed by atoms with van der Waals surface area (Å²) in [6.45, 7) is 1.68. The fraction of sp³-hybridized carbons (Fsp3) is 0.292. The van der Waals surface area contributed by atoms with Crippen molar-refractivity contribution < 1.29 is 19.1 Å². The molecule has 1 heterocycles. The monoisotopic (exact) mass is 387 g/mol. The Balaban J connectivity index is 1.43. The maximum atomic E-state index is 13.1. The topological polar surface area (TPSA) is 63.7 Å². The number of rotatable bonds is 5. The molecule has 29 heavy (non-hydrogen) atoms. The largest absolute Gasteiger partial charge is 0.480 e. The van der Waals surface area contributed by atoms with E-state index in [1.54, 1.807) is 55.5 Å². The summed E-state index contributed by atoms with van der Waals surface area (Å²) in [5, 5.41) is 0. The van der Waals surface area contributed by atoms with E-state index in [0.717, 1.165) is 6.42 Å². The smallest absolute Gasteiger partial charge is 0.238 e. The van der Waals surface area contributed by atoms with Gasteiger partial charge in [0.2, 0.25) is 17.6 Å². The maximum Gasteiger partial charge on any atom is 0.238 e. The number of hydrogen-bond acceptors (Lipinski definition) is 4. The third-order valence-corrected chi connectivity index (χ3v) is 6.31. The molecule has 0 N–H and O–H groups in total. The van der Waals surface area contributed by atoms with Crippen LogP contribution >= 0.6 is 0 Å². The van der Waals surface area contributed by atoms with E-state index in [9.17, 15) is 14.4 Å². The van der Waals surface area contributed by atoms with Crippen molar-refractivity contribution in [1.29, 1.82) is 0 Å². The van der Waals surface area contributed by atoms with Gasteiger partial charge in [0.1, 0.15) is 5.75 Å². The van der Waals surface area contributed by atoms with Gasteiger partial charge in [-0.2, -0.15) is 0 Å². The number of allylic oxidation sites excluding steroid dienone is 2. The van der Waals surface area contributed by atoms with Crippen molar-refractivity contribution in [2.75, 3.05) is 4.90 Å². The van der Waals surface area contributed by atoms with Crippen molar-refractivity contribution in [3.8, 4) is 5.75 Å². The fourth-order valence-electron chi connectivity index (χ4n) is 4.96. The Morgan fingerprint density at radius 3 is 2.17 bits per heavy atom. The molecule has 0 unspecified atom stereocenters. The average molecular weight is 387 g/mol.